The lowest BCUT2D eigenvalue weighted by Gasteiger charge is -2.05. The molecule has 16 heavy (non-hydrogen) atoms. The van der Waals surface area contributed by atoms with Crippen LogP contribution in [0.1, 0.15) is 11.3 Å². The molecule has 0 aliphatic heterocycles. The minimum absolute atomic E-state index is 0. The maximum Gasteiger partial charge on any atom is 0.187 e. The first-order chi connectivity index (χ1) is 7.29. The van der Waals surface area contributed by atoms with Gasteiger partial charge in [0, 0.05) is 11.1 Å². The van der Waals surface area contributed by atoms with Gasteiger partial charge in [-0.15, -0.1) is 22.9 Å². The molecule has 0 spiro atoms. The molecule has 0 saturated carbocycles. The van der Waals surface area contributed by atoms with Crippen molar-refractivity contribution < 1.29 is 12.4 Å². The molecule has 0 unspecified atom stereocenters. The number of hydrogen-bond acceptors (Lipinski definition) is 3. The number of thiazole rings is 1. The Bertz CT molecular complexity index is 457. The standard InChI is InChI=1S/C11H11ClN2S.ClH/c1-8-4-2-3-5-10(8)14-11-13-9(6-12)7-15-11;/h2-5,7H,6H2,1H3,(H,13,14);1H/p-1. The largest absolute Gasteiger partial charge is 1.00 e. The number of alkyl halides is 1. The van der Waals surface area contributed by atoms with E-state index in [0.29, 0.717) is 5.88 Å². The molecule has 2 aromatic rings. The number of aryl methyl sites for hydroxylation is 1. The number of aromatic nitrogens is 1. The molecule has 1 aromatic carbocycles. The zero-order valence-electron chi connectivity index (χ0n) is 8.71. The average Bonchev–Trinajstić information content (AvgIpc) is 2.69. The van der Waals surface area contributed by atoms with Gasteiger partial charge in [0.2, 0.25) is 0 Å². The quantitative estimate of drug-likeness (QED) is 0.843. The van der Waals surface area contributed by atoms with Gasteiger partial charge < -0.3 is 17.7 Å². The molecule has 2 rings (SSSR count). The smallest absolute Gasteiger partial charge is 0.187 e. The second-order valence-corrected chi connectivity index (χ2v) is 4.34. The van der Waals surface area contributed by atoms with Gasteiger partial charge in [-0.1, -0.05) is 18.2 Å². The van der Waals surface area contributed by atoms with Crippen molar-refractivity contribution in [1.82, 2.24) is 4.98 Å². The van der Waals surface area contributed by atoms with Crippen LogP contribution in [0.3, 0.4) is 0 Å². The number of para-hydroxylation sites is 1. The third-order valence-corrected chi connectivity index (χ3v) is 3.16. The third-order valence-electron chi connectivity index (χ3n) is 2.08. The zero-order chi connectivity index (χ0) is 10.7. The van der Waals surface area contributed by atoms with Crippen molar-refractivity contribution in [3.05, 3.63) is 40.9 Å². The third kappa shape index (κ3) is 3.11. The molecule has 0 saturated heterocycles. The Morgan fingerprint density at radius 2 is 2.12 bits per heavy atom. The van der Waals surface area contributed by atoms with Crippen LogP contribution in [0.2, 0.25) is 0 Å². The van der Waals surface area contributed by atoms with Crippen molar-refractivity contribution in [1.29, 1.82) is 0 Å². The Hall–Kier alpha value is -0.770. The van der Waals surface area contributed by atoms with Crippen molar-refractivity contribution in [2.24, 2.45) is 0 Å². The van der Waals surface area contributed by atoms with Gasteiger partial charge in [-0.3, -0.25) is 0 Å². The summed E-state index contributed by atoms with van der Waals surface area (Å²) in [6, 6.07) is 8.13. The Labute approximate surface area is 110 Å². The molecular formula is C11H11Cl2N2S-. The number of nitrogens with one attached hydrogen (secondary N) is 1. The average molecular weight is 274 g/mol. The minimum atomic E-state index is 0. The summed E-state index contributed by atoms with van der Waals surface area (Å²) >= 11 is 7.26. The topological polar surface area (TPSA) is 24.9 Å². The molecule has 5 heteroatoms. The van der Waals surface area contributed by atoms with E-state index in [2.05, 4.69) is 23.3 Å². The maximum atomic E-state index is 5.69. The lowest BCUT2D eigenvalue weighted by Crippen LogP contribution is -3.00. The van der Waals surface area contributed by atoms with Crippen LogP contribution in [0.15, 0.2) is 29.6 Å². The molecule has 0 amide bonds. The second-order valence-electron chi connectivity index (χ2n) is 3.22. The first-order valence-electron chi connectivity index (χ1n) is 4.62. The van der Waals surface area contributed by atoms with Gasteiger partial charge in [0.25, 0.3) is 0 Å². The molecule has 86 valence electrons. The first-order valence-corrected chi connectivity index (χ1v) is 6.04. The van der Waals surface area contributed by atoms with E-state index in [9.17, 15) is 0 Å². The highest BCUT2D eigenvalue weighted by atomic mass is 35.5. The van der Waals surface area contributed by atoms with Crippen LogP contribution in [0.25, 0.3) is 0 Å². The fourth-order valence-corrected chi connectivity index (χ4v) is 2.21. The summed E-state index contributed by atoms with van der Waals surface area (Å²) in [7, 11) is 0. The predicted molar refractivity (Wildman–Crippen MR) is 66.1 cm³/mol. The Morgan fingerprint density at radius 1 is 1.38 bits per heavy atom. The SMILES string of the molecule is Cc1ccccc1Nc1nc(CCl)cs1.[Cl-]. The van der Waals surface area contributed by atoms with Gasteiger partial charge in [0.15, 0.2) is 5.13 Å². The summed E-state index contributed by atoms with van der Waals surface area (Å²) < 4.78 is 0. The van der Waals surface area contributed by atoms with Crippen LogP contribution in [0.5, 0.6) is 0 Å². The summed E-state index contributed by atoms with van der Waals surface area (Å²) in [4.78, 5) is 4.34. The molecule has 1 N–H and O–H groups in total. The molecule has 0 radical (unpaired) electrons. The fourth-order valence-electron chi connectivity index (χ4n) is 1.25. The molecule has 1 heterocycles. The summed E-state index contributed by atoms with van der Waals surface area (Å²) in [5.74, 6) is 0.464. The number of hydrogen-bond donors (Lipinski definition) is 1. The normalized spacial score (nSPS) is 9.62. The van der Waals surface area contributed by atoms with E-state index in [-0.39, 0.29) is 12.4 Å². The van der Waals surface area contributed by atoms with E-state index >= 15 is 0 Å². The predicted octanol–water partition coefficient (Wildman–Crippen LogP) is 0.938. The Kier molecular flexibility index (Phi) is 5.06. The molecule has 0 fully saturated rings. The molecule has 0 aliphatic carbocycles. The van der Waals surface area contributed by atoms with E-state index < -0.39 is 0 Å². The lowest BCUT2D eigenvalue weighted by atomic mass is 10.2. The van der Waals surface area contributed by atoms with Crippen LogP contribution in [0, 0.1) is 6.92 Å². The fraction of sp³-hybridized carbons (Fsp3) is 0.182. The van der Waals surface area contributed by atoms with Crippen molar-refractivity contribution in [3.63, 3.8) is 0 Å². The summed E-state index contributed by atoms with van der Waals surface area (Å²) in [6.07, 6.45) is 0. The van der Waals surface area contributed by atoms with Gasteiger partial charge in [0.1, 0.15) is 0 Å². The molecular weight excluding hydrogens is 263 g/mol. The monoisotopic (exact) mass is 273 g/mol. The number of nitrogens with zero attached hydrogens (tertiary/aromatic N) is 1. The highest BCUT2D eigenvalue weighted by Gasteiger charge is 2.02. The lowest BCUT2D eigenvalue weighted by molar-refractivity contribution is -0.00000303. The molecule has 1 aromatic heterocycles. The maximum absolute atomic E-state index is 5.69. The minimum Gasteiger partial charge on any atom is -1.00 e. The van der Waals surface area contributed by atoms with E-state index in [1.807, 2.05) is 23.6 Å². The Balaban J connectivity index is 0.00000128. The van der Waals surface area contributed by atoms with E-state index in [1.165, 1.54) is 5.56 Å². The van der Waals surface area contributed by atoms with Crippen molar-refractivity contribution in [3.8, 4) is 0 Å². The van der Waals surface area contributed by atoms with Crippen molar-refractivity contribution in [2.45, 2.75) is 12.8 Å². The number of rotatable bonds is 3. The van der Waals surface area contributed by atoms with Crippen LogP contribution >= 0.6 is 22.9 Å². The zero-order valence-corrected chi connectivity index (χ0v) is 11.0. The van der Waals surface area contributed by atoms with Gasteiger partial charge in [-0.2, -0.15) is 0 Å². The molecule has 0 atom stereocenters. The van der Waals surface area contributed by atoms with Crippen molar-refractivity contribution >= 4 is 33.8 Å². The van der Waals surface area contributed by atoms with Gasteiger partial charge >= 0.3 is 0 Å². The molecule has 0 aliphatic rings. The van der Waals surface area contributed by atoms with Crippen molar-refractivity contribution in [2.75, 3.05) is 5.32 Å². The van der Waals surface area contributed by atoms with Crippen LogP contribution in [-0.4, -0.2) is 4.98 Å². The molecule has 0 bridgehead atoms. The van der Waals surface area contributed by atoms with Crippen LogP contribution < -0.4 is 17.7 Å². The van der Waals surface area contributed by atoms with Gasteiger partial charge in [-0.25, -0.2) is 4.98 Å². The summed E-state index contributed by atoms with van der Waals surface area (Å²) in [5, 5.41) is 6.13. The first kappa shape index (κ1) is 13.3. The van der Waals surface area contributed by atoms with Gasteiger partial charge in [0.05, 0.1) is 11.6 Å². The van der Waals surface area contributed by atoms with E-state index in [1.54, 1.807) is 11.3 Å². The second kappa shape index (κ2) is 6.09. The summed E-state index contributed by atoms with van der Waals surface area (Å²) in [6.45, 7) is 2.07. The van der Waals surface area contributed by atoms with E-state index in [4.69, 9.17) is 11.6 Å². The summed E-state index contributed by atoms with van der Waals surface area (Å²) in [5.41, 5.74) is 3.21. The number of anilines is 2. The molecule has 2 nitrogen and oxygen atoms in total. The van der Waals surface area contributed by atoms with Crippen LogP contribution in [0.4, 0.5) is 10.8 Å². The highest BCUT2D eigenvalue weighted by Crippen LogP contribution is 2.23. The van der Waals surface area contributed by atoms with E-state index in [0.717, 1.165) is 16.5 Å². The van der Waals surface area contributed by atoms with Gasteiger partial charge in [-0.05, 0) is 18.6 Å². The highest BCUT2D eigenvalue weighted by molar-refractivity contribution is 7.13. The number of benzene rings is 1. The Morgan fingerprint density at radius 3 is 2.75 bits per heavy atom. The van der Waals surface area contributed by atoms with Crippen LogP contribution in [-0.2, 0) is 5.88 Å². The number of halogens is 2.